The first-order valence-corrected chi connectivity index (χ1v) is 7.53. The van der Waals surface area contributed by atoms with E-state index in [1.54, 1.807) is 24.3 Å². The van der Waals surface area contributed by atoms with E-state index in [4.69, 9.17) is 4.74 Å². The summed E-state index contributed by atoms with van der Waals surface area (Å²) in [5.74, 6) is -1.02. The molecular weight excluding hydrogens is 367 g/mol. The minimum atomic E-state index is -0.858. The van der Waals surface area contributed by atoms with Gasteiger partial charge in [0.05, 0.1) is 0 Å². The number of hydrogen-bond donors (Lipinski definition) is 2. The molecular formula is C16H14BrFN2O3. The number of ether oxygens (including phenoxy) is 1. The van der Waals surface area contributed by atoms with Crippen molar-refractivity contribution in [3.8, 4) is 5.75 Å². The zero-order chi connectivity index (χ0) is 16.8. The van der Waals surface area contributed by atoms with E-state index in [0.717, 1.165) is 4.47 Å². The molecule has 2 aromatic rings. The summed E-state index contributed by atoms with van der Waals surface area (Å²) in [7, 11) is 0. The standard InChI is InChI=1S/C16H14BrFN2O3/c1-10(23-14-7-5-13(18)6-8-14)15(21)19-20-16(22)11-3-2-4-12(17)9-11/h2-10H,1H3,(H,19,21)(H,20,22). The van der Waals surface area contributed by atoms with Crippen molar-refractivity contribution in [2.75, 3.05) is 0 Å². The highest BCUT2D eigenvalue weighted by Gasteiger charge is 2.16. The van der Waals surface area contributed by atoms with Gasteiger partial charge in [0.1, 0.15) is 11.6 Å². The van der Waals surface area contributed by atoms with Gasteiger partial charge in [0, 0.05) is 10.0 Å². The highest BCUT2D eigenvalue weighted by atomic mass is 79.9. The maximum absolute atomic E-state index is 12.8. The number of rotatable bonds is 4. The van der Waals surface area contributed by atoms with E-state index >= 15 is 0 Å². The molecule has 0 aliphatic carbocycles. The average Bonchev–Trinajstić information content (AvgIpc) is 2.54. The van der Waals surface area contributed by atoms with E-state index < -0.39 is 23.7 Å². The highest BCUT2D eigenvalue weighted by Crippen LogP contribution is 2.13. The molecule has 0 spiro atoms. The Morgan fingerprint density at radius 3 is 2.48 bits per heavy atom. The number of hydrogen-bond acceptors (Lipinski definition) is 3. The normalized spacial score (nSPS) is 11.4. The Labute approximate surface area is 140 Å². The van der Waals surface area contributed by atoms with Crippen molar-refractivity contribution in [2.24, 2.45) is 0 Å². The first-order valence-electron chi connectivity index (χ1n) is 6.73. The molecule has 0 saturated heterocycles. The van der Waals surface area contributed by atoms with Crippen LogP contribution in [-0.4, -0.2) is 17.9 Å². The molecule has 2 amide bonds. The van der Waals surface area contributed by atoms with Crippen LogP contribution in [-0.2, 0) is 4.79 Å². The van der Waals surface area contributed by atoms with E-state index in [2.05, 4.69) is 26.8 Å². The van der Waals surface area contributed by atoms with Crippen LogP contribution in [0.25, 0.3) is 0 Å². The Kier molecular flexibility index (Phi) is 5.70. The number of amides is 2. The Morgan fingerprint density at radius 1 is 1.13 bits per heavy atom. The van der Waals surface area contributed by atoms with Crippen LogP contribution < -0.4 is 15.6 Å². The lowest BCUT2D eigenvalue weighted by atomic mass is 10.2. The third-order valence-corrected chi connectivity index (χ3v) is 3.38. The Hall–Kier alpha value is -2.41. The molecule has 7 heteroatoms. The Bertz CT molecular complexity index is 707. The molecule has 0 heterocycles. The number of carbonyl (C=O) groups is 2. The molecule has 0 saturated carbocycles. The summed E-state index contributed by atoms with van der Waals surface area (Å²) in [5.41, 5.74) is 4.98. The minimum absolute atomic E-state index is 0.354. The molecule has 0 bridgehead atoms. The number of hydrazine groups is 1. The molecule has 2 rings (SSSR count). The van der Waals surface area contributed by atoms with Gasteiger partial charge in [-0.1, -0.05) is 22.0 Å². The van der Waals surface area contributed by atoms with Gasteiger partial charge in [0.2, 0.25) is 0 Å². The lowest BCUT2D eigenvalue weighted by Crippen LogP contribution is -2.47. The summed E-state index contributed by atoms with van der Waals surface area (Å²) in [6.45, 7) is 1.52. The summed E-state index contributed by atoms with van der Waals surface area (Å²) < 4.78 is 18.9. The van der Waals surface area contributed by atoms with E-state index in [9.17, 15) is 14.0 Å². The second-order valence-electron chi connectivity index (χ2n) is 4.67. The van der Waals surface area contributed by atoms with Gasteiger partial charge in [-0.25, -0.2) is 4.39 Å². The molecule has 2 N–H and O–H groups in total. The van der Waals surface area contributed by atoms with Crippen molar-refractivity contribution in [3.63, 3.8) is 0 Å². The zero-order valence-electron chi connectivity index (χ0n) is 12.2. The van der Waals surface area contributed by atoms with E-state index in [-0.39, 0.29) is 0 Å². The number of carbonyl (C=O) groups excluding carboxylic acids is 2. The Balaban J connectivity index is 1.86. The number of nitrogens with one attached hydrogen (secondary N) is 2. The Morgan fingerprint density at radius 2 is 1.83 bits per heavy atom. The van der Waals surface area contributed by atoms with Gasteiger partial charge in [-0.05, 0) is 49.4 Å². The molecule has 0 aromatic heterocycles. The molecule has 2 aromatic carbocycles. The third-order valence-electron chi connectivity index (χ3n) is 2.88. The molecule has 23 heavy (non-hydrogen) atoms. The maximum Gasteiger partial charge on any atom is 0.279 e. The van der Waals surface area contributed by atoms with Crippen molar-refractivity contribution < 1.29 is 18.7 Å². The number of halogens is 2. The summed E-state index contributed by atoms with van der Waals surface area (Å²) in [6, 6.07) is 12.0. The molecule has 1 unspecified atom stereocenters. The molecule has 0 aliphatic rings. The van der Waals surface area contributed by atoms with Crippen LogP contribution in [0.15, 0.2) is 53.0 Å². The zero-order valence-corrected chi connectivity index (χ0v) is 13.8. The van der Waals surface area contributed by atoms with E-state index in [1.165, 1.54) is 31.2 Å². The lowest BCUT2D eigenvalue weighted by molar-refractivity contribution is -0.128. The van der Waals surface area contributed by atoms with Crippen LogP contribution in [0.1, 0.15) is 17.3 Å². The van der Waals surface area contributed by atoms with Crippen LogP contribution >= 0.6 is 15.9 Å². The smallest absolute Gasteiger partial charge is 0.279 e. The van der Waals surface area contributed by atoms with Gasteiger partial charge >= 0.3 is 0 Å². The summed E-state index contributed by atoms with van der Waals surface area (Å²) in [5, 5.41) is 0. The topological polar surface area (TPSA) is 67.4 Å². The molecule has 5 nitrogen and oxygen atoms in total. The van der Waals surface area contributed by atoms with Crippen LogP contribution in [0.5, 0.6) is 5.75 Å². The monoisotopic (exact) mass is 380 g/mol. The highest BCUT2D eigenvalue weighted by molar-refractivity contribution is 9.10. The molecule has 0 radical (unpaired) electrons. The van der Waals surface area contributed by atoms with Crippen LogP contribution in [0.4, 0.5) is 4.39 Å². The SMILES string of the molecule is CC(Oc1ccc(F)cc1)C(=O)NNC(=O)c1cccc(Br)c1. The van der Waals surface area contributed by atoms with Gasteiger partial charge in [0.15, 0.2) is 6.10 Å². The van der Waals surface area contributed by atoms with Crippen molar-refractivity contribution in [1.29, 1.82) is 0 Å². The fraction of sp³-hybridized carbons (Fsp3) is 0.125. The average molecular weight is 381 g/mol. The third kappa shape index (κ3) is 5.07. The second-order valence-corrected chi connectivity index (χ2v) is 5.58. The van der Waals surface area contributed by atoms with Crippen molar-refractivity contribution >= 4 is 27.7 Å². The van der Waals surface area contributed by atoms with Crippen LogP contribution in [0, 0.1) is 5.82 Å². The predicted molar refractivity (Wildman–Crippen MR) is 86.2 cm³/mol. The minimum Gasteiger partial charge on any atom is -0.481 e. The van der Waals surface area contributed by atoms with Gasteiger partial charge < -0.3 is 4.74 Å². The number of benzene rings is 2. The maximum atomic E-state index is 12.8. The first-order chi connectivity index (χ1) is 11.0. The first kappa shape index (κ1) is 17.0. The fourth-order valence-corrected chi connectivity index (χ4v) is 2.09. The van der Waals surface area contributed by atoms with Gasteiger partial charge in [0.25, 0.3) is 11.8 Å². The quantitative estimate of drug-likeness (QED) is 0.801. The lowest BCUT2D eigenvalue weighted by Gasteiger charge is -2.15. The van der Waals surface area contributed by atoms with Crippen molar-refractivity contribution in [2.45, 2.75) is 13.0 Å². The van der Waals surface area contributed by atoms with E-state index in [1.807, 2.05) is 0 Å². The largest absolute Gasteiger partial charge is 0.481 e. The van der Waals surface area contributed by atoms with Crippen molar-refractivity contribution in [3.05, 3.63) is 64.4 Å². The summed E-state index contributed by atoms with van der Waals surface area (Å²) in [6.07, 6.45) is -0.858. The van der Waals surface area contributed by atoms with Gasteiger partial charge in [-0.15, -0.1) is 0 Å². The predicted octanol–water partition coefficient (Wildman–Crippen LogP) is 2.82. The van der Waals surface area contributed by atoms with Gasteiger partial charge in [-0.3, -0.25) is 20.4 Å². The van der Waals surface area contributed by atoms with Crippen LogP contribution in [0.3, 0.4) is 0 Å². The molecule has 120 valence electrons. The van der Waals surface area contributed by atoms with Gasteiger partial charge in [-0.2, -0.15) is 0 Å². The van der Waals surface area contributed by atoms with E-state index in [0.29, 0.717) is 11.3 Å². The van der Waals surface area contributed by atoms with Crippen LogP contribution in [0.2, 0.25) is 0 Å². The molecule has 1 atom stereocenters. The van der Waals surface area contributed by atoms with Crippen molar-refractivity contribution in [1.82, 2.24) is 10.9 Å². The molecule has 0 aliphatic heterocycles. The molecule has 0 fully saturated rings. The fourth-order valence-electron chi connectivity index (χ4n) is 1.69. The second kappa shape index (κ2) is 7.73. The summed E-state index contributed by atoms with van der Waals surface area (Å²) >= 11 is 3.26. The summed E-state index contributed by atoms with van der Waals surface area (Å²) in [4.78, 5) is 23.8.